The fourth-order valence-electron chi connectivity index (χ4n) is 3.14. The van der Waals surface area contributed by atoms with Crippen LogP contribution in [-0.2, 0) is 0 Å². The van der Waals surface area contributed by atoms with Gasteiger partial charge < -0.3 is 4.74 Å². The molecule has 3 heterocycles. The zero-order valence-corrected chi connectivity index (χ0v) is 15.5. The van der Waals surface area contributed by atoms with E-state index in [1.165, 1.54) is 0 Å². The molecule has 0 unspecified atom stereocenters. The highest BCUT2D eigenvalue weighted by Crippen LogP contribution is 2.33. The van der Waals surface area contributed by atoms with Gasteiger partial charge in [-0.25, -0.2) is 9.97 Å². The van der Waals surface area contributed by atoms with Gasteiger partial charge in [0.2, 0.25) is 0 Å². The first-order valence-electron chi connectivity index (χ1n) is 8.10. The Labute approximate surface area is 163 Å². The summed E-state index contributed by atoms with van der Waals surface area (Å²) in [6, 6.07) is 15.2. The zero-order valence-electron chi connectivity index (χ0n) is 14.0. The van der Waals surface area contributed by atoms with Gasteiger partial charge in [0, 0.05) is 5.39 Å². The van der Waals surface area contributed by atoms with Gasteiger partial charge in [-0.2, -0.15) is 0 Å². The van der Waals surface area contributed by atoms with Crippen molar-refractivity contribution in [3.63, 3.8) is 0 Å². The predicted molar refractivity (Wildman–Crippen MR) is 106 cm³/mol. The third kappa shape index (κ3) is 2.49. The van der Waals surface area contributed by atoms with E-state index in [0.29, 0.717) is 22.2 Å². The third-order valence-corrected chi connectivity index (χ3v) is 4.95. The largest absolute Gasteiger partial charge is 0.497 e. The first-order valence-corrected chi connectivity index (χ1v) is 8.85. The average Bonchev–Trinajstić information content (AvgIpc) is 3.13. The minimum absolute atomic E-state index is 0.277. The summed E-state index contributed by atoms with van der Waals surface area (Å²) in [5.74, 6) is 1.29. The molecule has 5 aromatic rings. The normalized spacial score (nSPS) is 11.5. The molecule has 0 bridgehead atoms. The van der Waals surface area contributed by atoms with E-state index in [1.807, 2.05) is 52.9 Å². The number of methoxy groups -OCH3 is 1. The van der Waals surface area contributed by atoms with Gasteiger partial charge in [0.15, 0.2) is 16.6 Å². The van der Waals surface area contributed by atoms with Crippen LogP contribution in [-0.4, -0.2) is 31.7 Å². The molecule has 8 heteroatoms. The Balaban J connectivity index is 1.87. The minimum atomic E-state index is 0.277. The molecule has 0 aliphatic carbocycles. The molecule has 132 valence electrons. The Bertz CT molecular complexity index is 1350. The molecule has 2 aromatic carbocycles. The van der Waals surface area contributed by atoms with Crippen LogP contribution in [0.2, 0.25) is 10.3 Å². The summed E-state index contributed by atoms with van der Waals surface area (Å²) in [6.07, 6.45) is 0. The molecule has 0 saturated carbocycles. The molecule has 3 aromatic heterocycles. The maximum absolute atomic E-state index is 6.49. The maximum atomic E-state index is 6.49. The first kappa shape index (κ1) is 16.2. The van der Waals surface area contributed by atoms with E-state index >= 15 is 0 Å². The summed E-state index contributed by atoms with van der Waals surface area (Å²) in [7, 11) is 1.62. The Hall–Kier alpha value is -2.96. The molecule has 0 aliphatic rings. The molecular formula is C19H11Cl2N5O. The van der Waals surface area contributed by atoms with Gasteiger partial charge in [0.1, 0.15) is 10.9 Å². The van der Waals surface area contributed by atoms with Crippen molar-refractivity contribution in [2.45, 2.75) is 0 Å². The summed E-state index contributed by atoms with van der Waals surface area (Å²) < 4.78 is 7.15. The molecule has 0 N–H and O–H groups in total. The Kier molecular flexibility index (Phi) is 3.63. The lowest BCUT2D eigenvalue weighted by atomic mass is 10.1. The quantitative estimate of drug-likeness (QED) is 0.401. The molecule has 0 radical (unpaired) electrons. The second-order valence-electron chi connectivity index (χ2n) is 5.96. The molecule has 0 atom stereocenters. The molecule has 27 heavy (non-hydrogen) atoms. The van der Waals surface area contributed by atoms with Crippen LogP contribution in [0.15, 0.2) is 48.5 Å². The van der Waals surface area contributed by atoms with Gasteiger partial charge >= 0.3 is 0 Å². The van der Waals surface area contributed by atoms with Gasteiger partial charge in [-0.05, 0) is 36.4 Å². The molecule has 0 spiro atoms. The van der Waals surface area contributed by atoms with Gasteiger partial charge in [-0.3, -0.25) is 4.40 Å². The van der Waals surface area contributed by atoms with Crippen molar-refractivity contribution in [3.8, 4) is 17.1 Å². The number of rotatable bonds is 2. The summed E-state index contributed by atoms with van der Waals surface area (Å²) in [5.41, 5.74) is 3.45. The van der Waals surface area contributed by atoms with Crippen molar-refractivity contribution in [1.82, 2.24) is 24.6 Å². The Morgan fingerprint density at radius 1 is 0.889 bits per heavy atom. The number of nitrogens with zero attached hydrogens (tertiary/aromatic N) is 5. The van der Waals surface area contributed by atoms with Crippen molar-refractivity contribution in [2.24, 2.45) is 0 Å². The van der Waals surface area contributed by atoms with Crippen LogP contribution in [0.5, 0.6) is 5.75 Å². The van der Waals surface area contributed by atoms with E-state index in [1.54, 1.807) is 7.11 Å². The van der Waals surface area contributed by atoms with E-state index in [9.17, 15) is 0 Å². The van der Waals surface area contributed by atoms with Crippen molar-refractivity contribution >= 4 is 50.8 Å². The molecule has 0 amide bonds. The van der Waals surface area contributed by atoms with Gasteiger partial charge in [0.25, 0.3) is 0 Å². The van der Waals surface area contributed by atoms with Crippen LogP contribution in [0.1, 0.15) is 0 Å². The van der Waals surface area contributed by atoms with Crippen LogP contribution in [0.4, 0.5) is 0 Å². The molecule has 0 aliphatic heterocycles. The molecular weight excluding hydrogens is 385 g/mol. The Morgan fingerprint density at radius 2 is 1.70 bits per heavy atom. The maximum Gasteiger partial charge on any atom is 0.199 e. The van der Waals surface area contributed by atoms with Gasteiger partial charge in [-0.15, -0.1) is 10.2 Å². The van der Waals surface area contributed by atoms with Crippen LogP contribution in [0.25, 0.3) is 39.0 Å². The fraction of sp³-hybridized carbons (Fsp3) is 0.0526. The minimum Gasteiger partial charge on any atom is -0.497 e. The lowest BCUT2D eigenvalue weighted by molar-refractivity contribution is 0.415. The van der Waals surface area contributed by atoms with Crippen molar-refractivity contribution in [2.75, 3.05) is 7.11 Å². The highest BCUT2D eigenvalue weighted by Gasteiger charge is 2.18. The number of halogens is 2. The summed E-state index contributed by atoms with van der Waals surface area (Å²) in [4.78, 5) is 8.88. The number of hydrogen-bond acceptors (Lipinski definition) is 5. The summed E-state index contributed by atoms with van der Waals surface area (Å²) in [6.45, 7) is 0. The second kappa shape index (κ2) is 6.04. The van der Waals surface area contributed by atoms with Crippen LogP contribution in [0.3, 0.4) is 0 Å². The predicted octanol–water partition coefficient (Wildman–Crippen LogP) is 4.81. The van der Waals surface area contributed by atoms with E-state index in [4.69, 9.17) is 27.9 Å². The average molecular weight is 396 g/mol. The fourth-order valence-corrected chi connectivity index (χ4v) is 3.58. The number of fused-ring (bicyclic) bond motifs is 4. The number of ether oxygens (including phenoxy) is 1. The number of aromatic nitrogens is 5. The van der Waals surface area contributed by atoms with E-state index in [-0.39, 0.29) is 5.15 Å². The number of para-hydroxylation sites is 2. The molecule has 5 rings (SSSR count). The zero-order chi connectivity index (χ0) is 18.5. The number of benzene rings is 2. The van der Waals surface area contributed by atoms with Crippen molar-refractivity contribution < 1.29 is 4.74 Å². The van der Waals surface area contributed by atoms with Crippen LogP contribution < -0.4 is 4.74 Å². The Morgan fingerprint density at radius 3 is 2.56 bits per heavy atom. The topological polar surface area (TPSA) is 65.2 Å². The van der Waals surface area contributed by atoms with Crippen molar-refractivity contribution in [1.29, 1.82) is 0 Å². The van der Waals surface area contributed by atoms with Crippen LogP contribution >= 0.6 is 23.2 Å². The molecule has 0 fully saturated rings. The van der Waals surface area contributed by atoms with Gasteiger partial charge in [0.05, 0.1) is 29.2 Å². The highest BCUT2D eigenvalue weighted by molar-refractivity contribution is 6.33. The smallest absolute Gasteiger partial charge is 0.199 e. The number of pyridine rings is 1. The monoisotopic (exact) mass is 395 g/mol. The third-order valence-electron chi connectivity index (χ3n) is 4.41. The summed E-state index contributed by atoms with van der Waals surface area (Å²) >= 11 is 12.8. The van der Waals surface area contributed by atoms with Crippen LogP contribution in [0, 0.1) is 0 Å². The SMILES string of the molecule is COc1ccc2nc(Cl)c(-c3nnc4c(Cl)nc5ccccc5n34)cc2c1. The van der Waals surface area contributed by atoms with E-state index < -0.39 is 0 Å². The van der Waals surface area contributed by atoms with Crippen molar-refractivity contribution in [3.05, 3.63) is 58.8 Å². The highest BCUT2D eigenvalue weighted by atomic mass is 35.5. The lowest BCUT2D eigenvalue weighted by Crippen LogP contribution is -1.97. The number of hydrogen-bond donors (Lipinski definition) is 0. The van der Waals surface area contributed by atoms with E-state index in [0.717, 1.165) is 27.7 Å². The standard InChI is InChI=1S/C19H11Cl2N5O/c1-27-11-6-7-13-10(8-11)9-12(16(20)22-13)18-24-25-19-17(21)23-14-4-2-3-5-15(14)26(18)19/h2-9H,1H3. The lowest BCUT2D eigenvalue weighted by Gasteiger charge is -2.08. The molecule has 0 saturated heterocycles. The molecule has 6 nitrogen and oxygen atoms in total. The summed E-state index contributed by atoms with van der Waals surface area (Å²) in [5, 5.41) is 10.0. The second-order valence-corrected chi connectivity index (χ2v) is 6.68. The van der Waals surface area contributed by atoms with E-state index in [2.05, 4.69) is 20.2 Å². The first-order chi connectivity index (χ1) is 13.2. The van der Waals surface area contributed by atoms with Gasteiger partial charge in [-0.1, -0.05) is 35.3 Å².